The first-order chi connectivity index (χ1) is 10.7. The molecule has 0 aromatic heterocycles. The van der Waals surface area contributed by atoms with Crippen molar-refractivity contribution in [2.45, 2.75) is 70.3 Å². The summed E-state index contributed by atoms with van der Waals surface area (Å²) >= 11 is 0. The number of aliphatic hydroxyl groups excluding tert-OH is 1. The van der Waals surface area contributed by atoms with Gasteiger partial charge in [0.25, 0.3) is 0 Å². The molecule has 1 N–H and O–H groups in total. The Labute approximate surface area is 134 Å². The van der Waals surface area contributed by atoms with Crippen LogP contribution in [0.4, 0.5) is 0 Å². The van der Waals surface area contributed by atoms with Crippen molar-refractivity contribution in [3.63, 3.8) is 0 Å². The van der Waals surface area contributed by atoms with Crippen LogP contribution < -0.4 is 0 Å². The number of likely N-dealkylation sites (tertiary alicyclic amines) is 2. The highest BCUT2D eigenvalue weighted by molar-refractivity contribution is 5.78. The normalized spacial score (nSPS) is 28.0. The van der Waals surface area contributed by atoms with Gasteiger partial charge in [-0.15, -0.1) is 0 Å². The lowest BCUT2D eigenvalue weighted by atomic mass is 9.74. The maximum Gasteiger partial charge on any atom is 0.222 e. The van der Waals surface area contributed by atoms with E-state index in [9.17, 15) is 9.90 Å². The third-order valence-corrected chi connectivity index (χ3v) is 5.98. The second-order valence-electron chi connectivity index (χ2n) is 7.85. The molecule has 4 nitrogen and oxygen atoms in total. The first-order valence-electron chi connectivity index (χ1n) is 9.35. The van der Waals surface area contributed by atoms with Crippen LogP contribution in [-0.2, 0) is 4.79 Å². The van der Waals surface area contributed by atoms with E-state index in [-0.39, 0.29) is 12.0 Å². The molecule has 2 heterocycles. The Kier molecular flexibility index (Phi) is 5.40. The van der Waals surface area contributed by atoms with Crippen molar-refractivity contribution in [3.05, 3.63) is 0 Å². The van der Waals surface area contributed by atoms with Gasteiger partial charge in [-0.25, -0.2) is 0 Å². The number of β-amino-alcohol motifs (C(OH)–C–C–N with tert-alkyl or cyclic N) is 1. The summed E-state index contributed by atoms with van der Waals surface area (Å²) in [4.78, 5) is 16.0. The Morgan fingerprint density at radius 2 is 1.68 bits per heavy atom. The minimum atomic E-state index is -0.386. The average Bonchev–Trinajstić information content (AvgIpc) is 2.75. The van der Waals surface area contributed by atoms with Crippen molar-refractivity contribution in [2.24, 2.45) is 5.41 Å². The van der Waals surface area contributed by atoms with Crippen molar-refractivity contribution < 1.29 is 9.90 Å². The van der Waals surface area contributed by atoms with Crippen LogP contribution in [0.15, 0.2) is 0 Å². The molecule has 2 aliphatic heterocycles. The van der Waals surface area contributed by atoms with Gasteiger partial charge in [0.1, 0.15) is 0 Å². The fourth-order valence-corrected chi connectivity index (χ4v) is 4.86. The van der Waals surface area contributed by atoms with Crippen molar-refractivity contribution in [1.82, 2.24) is 9.80 Å². The zero-order chi connectivity index (χ0) is 15.4. The molecule has 22 heavy (non-hydrogen) atoms. The standard InChI is InChI=1S/C18H32N2O2/c21-16(14-20-12-5-7-17(20)22)13-19-11-6-10-18(15-19)8-3-1-2-4-9-18/h16,21H,1-15H2. The van der Waals surface area contributed by atoms with Crippen LogP contribution >= 0.6 is 0 Å². The summed E-state index contributed by atoms with van der Waals surface area (Å²) in [5.41, 5.74) is 0.526. The highest BCUT2D eigenvalue weighted by Crippen LogP contribution is 2.42. The van der Waals surface area contributed by atoms with Gasteiger partial charge in [-0.2, -0.15) is 0 Å². The molecule has 3 fully saturated rings. The molecule has 1 atom stereocenters. The molecule has 3 aliphatic rings. The SMILES string of the molecule is O=C1CCCN1CC(O)CN1CCCC2(CCCCCC2)C1. The minimum Gasteiger partial charge on any atom is -0.390 e. The molecule has 1 unspecified atom stereocenters. The van der Waals surface area contributed by atoms with E-state index in [0.717, 1.165) is 32.6 Å². The highest BCUT2D eigenvalue weighted by atomic mass is 16.3. The van der Waals surface area contributed by atoms with E-state index < -0.39 is 0 Å². The van der Waals surface area contributed by atoms with E-state index in [1.165, 1.54) is 51.4 Å². The van der Waals surface area contributed by atoms with E-state index >= 15 is 0 Å². The molecule has 2 saturated heterocycles. The molecule has 0 bridgehead atoms. The lowest BCUT2D eigenvalue weighted by molar-refractivity contribution is -0.129. The van der Waals surface area contributed by atoms with Crippen LogP contribution in [-0.4, -0.2) is 59.6 Å². The Morgan fingerprint density at radius 3 is 2.36 bits per heavy atom. The van der Waals surface area contributed by atoms with E-state index in [1.807, 2.05) is 4.90 Å². The van der Waals surface area contributed by atoms with Gasteiger partial charge in [0.05, 0.1) is 6.10 Å². The number of hydrogen-bond donors (Lipinski definition) is 1. The molecule has 126 valence electrons. The predicted molar refractivity (Wildman–Crippen MR) is 87.6 cm³/mol. The largest absolute Gasteiger partial charge is 0.390 e. The molecular formula is C18H32N2O2. The number of piperidine rings is 1. The van der Waals surface area contributed by atoms with Crippen molar-refractivity contribution in [2.75, 3.05) is 32.7 Å². The molecule has 1 saturated carbocycles. The fourth-order valence-electron chi connectivity index (χ4n) is 4.86. The zero-order valence-electron chi connectivity index (χ0n) is 13.9. The van der Waals surface area contributed by atoms with Gasteiger partial charge in [0, 0.05) is 32.6 Å². The van der Waals surface area contributed by atoms with Crippen LogP contribution in [0.3, 0.4) is 0 Å². The Morgan fingerprint density at radius 1 is 0.955 bits per heavy atom. The predicted octanol–water partition coefficient (Wildman–Crippen LogP) is 2.41. The Bertz CT molecular complexity index is 377. The second kappa shape index (κ2) is 7.31. The lowest BCUT2D eigenvalue weighted by Gasteiger charge is -2.43. The molecule has 0 radical (unpaired) electrons. The molecule has 1 aliphatic carbocycles. The molecule has 1 amide bonds. The summed E-state index contributed by atoms with van der Waals surface area (Å²) in [5.74, 6) is 0.220. The molecule has 0 aromatic carbocycles. The van der Waals surface area contributed by atoms with Crippen LogP contribution in [0.5, 0.6) is 0 Å². The summed E-state index contributed by atoms with van der Waals surface area (Å²) in [5, 5.41) is 10.4. The average molecular weight is 308 g/mol. The summed E-state index contributed by atoms with van der Waals surface area (Å²) in [6.07, 6.45) is 12.2. The number of hydrogen-bond acceptors (Lipinski definition) is 3. The Hall–Kier alpha value is -0.610. The van der Waals surface area contributed by atoms with Gasteiger partial charge < -0.3 is 14.9 Å². The third-order valence-electron chi connectivity index (χ3n) is 5.98. The van der Waals surface area contributed by atoms with Crippen LogP contribution in [0.25, 0.3) is 0 Å². The van der Waals surface area contributed by atoms with Gasteiger partial charge >= 0.3 is 0 Å². The maximum atomic E-state index is 11.7. The van der Waals surface area contributed by atoms with E-state index in [1.54, 1.807) is 0 Å². The van der Waals surface area contributed by atoms with Crippen molar-refractivity contribution in [3.8, 4) is 0 Å². The number of aliphatic hydroxyl groups is 1. The van der Waals surface area contributed by atoms with Crippen molar-refractivity contribution in [1.29, 1.82) is 0 Å². The molecule has 3 rings (SSSR count). The van der Waals surface area contributed by atoms with E-state index in [2.05, 4.69) is 4.90 Å². The molecule has 4 heteroatoms. The van der Waals surface area contributed by atoms with Gasteiger partial charge in [0.15, 0.2) is 0 Å². The Balaban J connectivity index is 1.50. The summed E-state index contributed by atoms with van der Waals surface area (Å²) in [7, 11) is 0. The molecule has 0 aromatic rings. The van der Waals surface area contributed by atoms with Crippen LogP contribution in [0.1, 0.15) is 64.2 Å². The van der Waals surface area contributed by atoms with Gasteiger partial charge in [0.2, 0.25) is 5.91 Å². The van der Waals surface area contributed by atoms with Crippen LogP contribution in [0, 0.1) is 5.41 Å². The number of nitrogens with zero attached hydrogens (tertiary/aromatic N) is 2. The van der Waals surface area contributed by atoms with Gasteiger partial charge in [-0.3, -0.25) is 4.79 Å². The minimum absolute atomic E-state index is 0.220. The molecule has 1 spiro atoms. The number of carbonyl (C=O) groups excluding carboxylic acids is 1. The number of rotatable bonds is 4. The van der Waals surface area contributed by atoms with E-state index in [4.69, 9.17) is 0 Å². The first kappa shape index (κ1) is 16.3. The monoisotopic (exact) mass is 308 g/mol. The summed E-state index contributed by atoms with van der Waals surface area (Å²) in [6.45, 7) is 4.39. The van der Waals surface area contributed by atoms with Crippen LogP contribution in [0.2, 0.25) is 0 Å². The maximum absolute atomic E-state index is 11.7. The second-order valence-corrected chi connectivity index (χ2v) is 7.85. The highest BCUT2D eigenvalue weighted by Gasteiger charge is 2.36. The van der Waals surface area contributed by atoms with Gasteiger partial charge in [-0.05, 0) is 44.1 Å². The quantitative estimate of drug-likeness (QED) is 0.867. The fraction of sp³-hybridized carbons (Fsp3) is 0.944. The van der Waals surface area contributed by atoms with E-state index in [0.29, 0.717) is 18.4 Å². The smallest absolute Gasteiger partial charge is 0.222 e. The molecular weight excluding hydrogens is 276 g/mol. The third kappa shape index (κ3) is 4.02. The van der Waals surface area contributed by atoms with Gasteiger partial charge in [-0.1, -0.05) is 25.7 Å². The summed E-state index contributed by atoms with van der Waals surface area (Å²) < 4.78 is 0. The number of carbonyl (C=O) groups is 1. The van der Waals surface area contributed by atoms with Crippen molar-refractivity contribution >= 4 is 5.91 Å². The lowest BCUT2D eigenvalue weighted by Crippen LogP contribution is -2.48. The number of amides is 1. The topological polar surface area (TPSA) is 43.8 Å². The summed E-state index contributed by atoms with van der Waals surface area (Å²) in [6, 6.07) is 0. The first-order valence-corrected chi connectivity index (χ1v) is 9.35. The zero-order valence-corrected chi connectivity index (χ0v) is 13.9.